The summed E-state index contributed by atoms with van der Waals surface area (Å²) in [5, 5.41) is 2.62. The summed E-state index contributed by atoms with van der Waals surface area (Å²) in [6.45, 7) is 3.63. The van der Waals surface area contributed by atoms with Crippen molar-refractivity contribution in [2.45, 2.75) is 13.3 Å². The van der Waals surface area contributed by atoms with Crippen LogP contribution in [0.15, 0.2) is 24.3 Å². The first-order chi connectivity index (χ1) is 7.67. The van der Waals surface area contributed by atoms with Gasteiger partial charge in [-0.1, -0.05) is 6.07 Å². The van der Waals surface area contributed by atoms with Crippen LogP contribution in [-0.2, 0) is 4.79 Å². The van der Waals surface area contributed by atoms with Gasteiger partial charge in [-0.2, -0.15) is 0 Å². The first-order valence-corrected chi connectivity index (χ1v) is 5.48. The molecule has 1 rings (SSSR count). The van der Waals surface area contributed by atoms with Gasteiger partial charge < -0.3 is 16.0 Å². The molecule has 0 radical (unpaired) electrons. The van der Waals surface area contributed by atoms with Gasteiger partial charge >= 0.3 is 0 Å². The summed E-state index contributed by atoms with van der Waals surface area (Å²) in [6, 6.07) is 7.71. The molecule has 0 spiro atoms. The van der Waals surface area contributed by atoms with E-state index in [4.69, 9.17) is 5.73 Å². The second-order valence-electron chi connectivity index (χ2n) is 3.60. The number of hydrogen-bond acceptors (Lipinski definition) is 3. The lowest BCUT2D eigenvalue weighted by atomic mass is 10.2. The van der Waals surface area contributed by atoms with Gasteiger partial charge in [-0.25, -0.2) is 0 Å². The number of nitrogen functional groups attached to an aromatic ring is 1. The molecule has 0 saturated heterocycles. The Balaban J connectivity index is 2.64. The molecule has 16 heavy (non-hydrogen) atoms. The van der Waals surface area contributed by atoms with E-state index < -0.39 is 0 Å². The Morgan fingerprint density at radius 2 is 2.25 bits per heavy atom. The lowest BCUT2D eigenvalue weighted by Crippen LogP contribution is -2.29. The predicted molar refractivity (Wildman–Crippen MR) is 67.4 cm³/mol. The first-order valence-electron chi connectivity index (χ1n) is 5.48. The van der Waals surface area contributed by atoms with Crippen molar-refractivity contribution >= 4 is 17.3 Å². The number of nitrogens with one attached hydrogen (secondary N) is 1. The number of anilines is 2. The summed E-state index contributed by atoms with van der Waals surface area (Å²) in [4.78, 5) is 13.3. The maximum Gasteiger partial charge on any atom is 0.221 e. The molecule has 0 fully saturated rings. The molecule has 1 aromatic carbocycles. The smallest absolute Gasteiger partial charge is 0.221 e. The van der Waals surface area contributed by atoms with Gasteiger partial charge in [0.15, 0.2) is 0 Å². The fourth-order valence-corrected chi connectivity index (χ4v) is 1.55. The van der Waals surface area contributed by atoms with E-state index in [1.165, 1.54) is 0 Å². The molecular formula is C12H19N3O. The maximum absolute atomic E-state index is 11.2. The summed E-state index contributed by atoms with van der Waals surface area (Å²) in [7, 11) is 1.65. The minimum atomic E-state index is 0.0577. The van der Waals surface area contributed by atoms with E-state index in [-0.39, 0.29) is 5.91 Å². The molecule has 4 heteroatoms. The van der Waals surface area contributed by atoms with Crippen LogP contribution >= 0.6 is 0 Å². The lowest BCUT2D eigenvalue weighted by molar-refractivity contribution is -0.120. The van der Waals surface area contributed by atoms with Gasteiger partial charge in [0, 0.05) is 37.9 Å². The molecule has 1 aromatic rings. The van der Waals surface area contributed by atoms with E-state index in [1.54, 1.807) is 7.05 Å². The second kappa shape index (κ2) is 6.00. The zero-order chi connectivity index (χ0) is 12.0. The molecular weight excluding hydrogens is 202 g/mol. The molecule has 0 aliphatic heterocycles. The molecule has 88 valence electrons. The van der Waals surface area contributed by atoms with Crippen LogP contribution in [0.2, 0.25) is 0 Å². The third-order valence-electron chi connectivity index (χ3n) is 2.50. The normalized spacial score (nSPS) is 9.88. The number of amides is 1. The fourth-order valence-electron chi connectivity index (χ4n) is 1.55. The highest BCUT2D eigenvalue weighted by Crippen LogP contribution is 2.17. The van der Waals surface area contributed by atoms with Gasteiger partial charge in [0.2, 0.25) is 5.91 Å². The Hall–Kier alpha value is -1.71. The summed E-state index contributed by atoms with van der Waals surface area (Å²) in [5.41, 5.74) is 7.53. The highest BCUT2D eigenvalue weighted by Gasteiger charge is 2.06. The maximum atomic E-state index is 11.2. The van der Waals surface area contributed by atoms with Crippen molar-refractivity contribution in [3.63, 3.8) is 0 Å². The third-order valence-corrected chi connectivity index (χ3v) is 2.50. The van der Waals surface area contributed by atoms with Crippen molar-refractivity contribution in [1.82, 2.24) is 5.32 Å². The van der Waals surface area contributed by atoms with E-state index >= 15 is 0 Å². The monoisotopic (exact) mass is 221 g/mol. The zero-order valence-electron chi connectivity index (χ0n) is 9.86. The van der Waals surface area contributed by atoms with Crippen LogP contribution in [0, 0.1) is 0 Å². The molecule has 0 unspecified atom stereocenters. The van der Waals surface area contributed by atoms with Gasteiger partial charge in [-0.3, -0.25) is 4.79 Å². The Labute approximate surface area is 96.4 Å². The van der Waals surface area contributed by atoms with Crippen molar-refractivity contribution in [3.05, 3.63) is 24.3 Å². The van der Waals surface area contributed by atoms with Gasteiger partial charge in [0.1, 0.15) is 0 Å². The van der Waals surface area contributed by atoms with Crippen LogP contribution in [0.5, 0.6) is 0 Å². The minimum Gasteiger partial charge on any atom is -0.399 e. The van der Waals surface area contributed by atoms with Crippen LogP contribution in [0.3, 0.4) is 0 Å². The van der Waals surface area contributed by atoms with Gasteiger partial charge in [-0.05, 0) is 25.1 Å². The SMILES string of the molecule is CCN(CCC(=O)NC)c1cccc(N)c1. The van der Waals surface area contributed by atoms with Crippen molar-refractivity contribution in [1.29, 1.82) is 0 Å². The van der Waals surface area contributed by atoms with Crippen molar-refractivity contribution < 1.29 is 4.79 Å². The Kier molecular flexibility index (Phi) is 4.64. The number of nitrogens with two attached hydrogens (primary N) is 1. The van der Waals surface area contributed by atoms with Crippen molar-refractivity contribution in [3.8, 4) is 0 Å². The Morgan fingerprint density at radius 3 is 2.81 bits per heavy atom. The quantitative estimate of drug-likeness (QED) is 0.735. The van der Waals surface area contributed by atoms with Crippen LogP contribution < -0.4 is 16.0 Å². The molecule has 0 aliphatic carbocycles. The highest BCUT2D eigenvalue weighted by molar-refractivity contribution is 5.76. The molecule has 0 heterocycles. The molecule has 0 aliphatic rings. The van der Waals surface area contributed by atoms with Crippen LogP contribution in [0.4, 0.5) is 11.4 Å². The molecule has 4 nitrogen and oxygen atoms in total. The minimum absolute atomic E-state index is 0.0577. The Bertz CT molecular complexity index is 352. The van der Waals surface area contributed by atoms with E-state index in [1.807, 2.05) is 24.3 Å². The van der Waals surface area contributed by atoms with E-state index in [0.29, 0.717) is 13.0 Å². The Morgan fingerprint density at radius 1 is 1.50 bits per heavy atom. The summed E-state index contributed by atoms with van der Waals surface area (Å²) in [5.74, 6) is 0.0577. The predicted octanol–water partition coefficient (Wildman–Crippen LogP) is 1.23. The standard InChI is InChI=1S/C12H19N3O/c1-3-15(8-7-12(16)14-2)11-6-4-5-10(13)9-11/h4-6,9H,3,7-8,13H2,1-2H3,(H,14,16). The number of carbonyl (C=O) groups excluding carboxylic acids is 1. The molecule has 0 bridgehead atoms. The molecule has 3 N–H and O–H groups in total. The van der Waals surface area contributed by atoms with Crippen LogP contribution in [0.25, 0.3) is 0 Å². The molecule has 0 saturated carbocycles. The number of rotatable bonds is 5. The van der Waals surface area contributed by atoms with Crippen molar-refractivity contribution in [2.24, 2.45) is 0 Å². The zero-order valence-corrected chi connectivity index (χ0v) is 9.86. The first kappa shape index (κ1) is 12.4. The van der Waals surface area contributed by atoms with Gasteiger partial charge in [-0.15, -0.1) is 0 Å². The third kappa shape index (κ3) is 3.46. The van der Waals surface area contributed by atoms with Crippen LogP contribution in [0.1, 0.15) is 13.3 Å². The summed E-state index contributed by atoms with van der Waals surface area (Å²) < 4.78 is 0. The molecule has 1 amide bonds. The number of hydrogen-bond donors (Lipinski definition) is 2. The van der Waals surface area contributed by atoms with Crippen molar-refractivity contribution in [2.75, 3.05) is 30.8 Å². The largest absolute Gasteiger partial charge is 0.399 e. The van der Waals surface area contributed by atoms with Gasteiger partial charge in [0.05, 0.1) is 0 Å². The average molecular weight is 221 g/mol. The number of benzene rings is 1. The summed E-state index contributed by atoms with van der Waals surface area (Å²) >= 11 is 0. The van der Waals surface area contributed by atoms with E-state index in [2.05, 4.69) is 17.1 Å². The van der Waals surface area contributed by atoms with E-state index in [9.17, 15) is 4.79 Å². The van der Waals surface area contributed by atoms with Crippen LogP contribution in [-0.4, -0.2) is 26.0 Å². The average Bonchev–Trinajstić information content (AvgIpc) is 2.29. The number of carbonyl (C=O) groups is 1. The lowest BCUT2D eigenvalue weighted by Gasteiger charge is -2.22. The fraction of sp³-hybridized carbons (Fsp3) is 0.417. The molecule has 0 atom stereocenters. The van der Waals surface area contributed by atoms with Gasteiger partial charge in [0.25, 0.3) is 0 Å². The summed E-state index contributed by atoms with van der Waals surface area (Å²) in [6.07, 6.45) is 0.499. The topological polar surface area (TPSA) is 58.4 Å². The number of nitrogens with zero attached hydrogens (tertiary/aromatic N) is 1. The molecule has 0 aromatic heterocycles. The second-order valence-corrected chi connectivity index (χ2v) is 3.60. The highest BCUT2D eigenvalue weighted by atomic mass is 16.1. The van der Waals surface area contributed by atoms with E-state index in [0.717, 1.165) is 17.9 Å².